The van der Waals surface area contributed by atoms with Crippen LogP contribution >= 0.6 is 0 Å². The molecule has 0 saturated heterocycles. The molecule has 1 aliphatic carbocycles. The molecule has 32 heavy (non-hydrogen) atoms. The molecule has 1 aliphatic rings. The quantitative estimate of drug-likeness (QED) is 0.459. The van der Waals surface area contributed by atoms with Gasteiger partial charge in [-0.05, 0) is 74.2 Å². The van der Waals surface area contributed by atoms with Crippen molar-refractivity contribution < 1.29 is 34.8 Å². The third kappa shape index (κ3) is 5.26. The fourth-order valence-corrected chi connectivity index (χ4v) is 4.75. The van der Waals surface area contributed by atoms with Gasteiger partial charge >= 0.3 is 32.2 Å². The van der Waals surface area contributed by atoms with E-state index < -0.39 is 32.2 Å². The molecule has 0 aliphatic heterocycles. The Morgan fingerprint density at radius 2 is 0.938 bits per heavy atom. The van der Waals surface area contributed by atoms with Gasteiger partial charge in [0.1, 0.15) is 9.79 Å². The van der Waals surface area contributed by atoms with Crippen LogP contribution in [0.4, 0.5) is 11.4 Å². The molecule has 2 aromatic carbocycles. The van der Waals surface area contributed by atoms with E-state index in [4.69, 9.17) is 11.5 Å². The van der Waals surface area contributed by atoms with Crippen LogP contribution in [0.25, 0.3) is 0 Å². The first-order chi connectivity index (χ1) is 15.0. The van der Waals surface area contributed by atoms with Gasteiger partial charge in [-0.1, -0.05) is 0 Å². The number of nitrogens with two attached hydrogens (primary N) is 2. The van der Waals surface area contributed by atoms with E-state index in [0.717, 1.165) is 0 Å². The normalized spacial score (nSPS) is 14.6. The van der Waals surface area contributed by atoms with Crippen LogP contribution in [0.2, 0.25) is 0 Å². The molecule has 170 valence electrons. The number of anilines is 2. The standard InChI is InChI=1S/C20H20N2O8S2/c21-13-5-9-15(10-6-13)31(25,26)29-19(23)17-3-1-2-4-18(17)20(24)30-32(27,28)16-11-7-14(22)8-12-16/h5-12H,1-4,21-22H2. The molecule has 0 saturated carbocycles. The van der Waals surface area contributed by atoms with E-state index in [1.807, 2.05) is 0 Å². The summed E-state index contributed by atoms with van der Waals surface area (Å²) in [5.41, 5.74) is 11.2. The molecule has 4 N–H and O–H groups in total. The van der Waals surface area contributed by atoms with Crippen LogP contribution in [0, 0.1) is 0 Å². The van der Waals surface area contributed by atoms with Crippen molar-refractivity contribution in [2.45, 2.75) is 35.5 Å². The summed E-state index contributed by atoms with van der Waals surface area (Å²) in [4.78, 5) is 24.6. The maximum atomic E-state index is 12.6. The Bertz CT molecular complexity index is 1180. The minimum absolute atomic E-state index is 0.0302. The maximum Gasteiger partial charge on any atom is 0.350 e. The van der Waals surface area contributed by atoms with Crippen molar-refractivity contribution >= 4 is 43.5 Å². The lowest BCUT2D eigenvalue weighted by Gasteiger charge is -2.18. The largest absolute Gasteiger partial charge is 0.399 e. The molecular formula is C20H20N2O8S2. The first kappa shape index (κ1) is 23.3. The first-order valence-electron chi connectivity index (χ1n) is 9.40. The summed E-state index contributed by atoms with van der Waals surface area (Å²) in [6, 6.07) is 9.97. The zero-order valence-corrected chi connectivity index (χ0v) is 18.3. The summed E-state index contributed by atoms with van der Waals surface area (Å²) in [5, 5.41) is 0. The molecule has 0 atom stereocenters. The van der Waals surface area contributed by atoms with E-state index in [-0.39, 0.29) is 33.8 Å². The van der Waals surface area contributed by atoms with E-state index in [0.29, 0.717) is 24.2 Å². The lowest BCUT2D eigenvalue weighted by molar-refractivity contribution is -0.133. The Morgan fingerprint density at radius 1 is 0.625 bits per heavy atom. The average Bonchev–Trinajstić information content (AvgIpc) is 2.73. The van der Waals surface area contributed by atoms with Crippen molar-refractivity contribution in [3.8, 4) is 0 Å². The van der Waals surface area contributed by atoms with Gasteiger partial charge in [0.25, 0.3) is 0 Å². The lowest BCUT2D eigenvalue weighted by atomic mass is 9.92. The number of hydrogen-bond donors (Lipinski definition) is 2. The Hall–Kier alpha value is -3.38. The van der Waals surface area contributed by atoms with E-state index in [1.165, 1.54) is 48.5 Å². The molecule has 0 amide bonds. The summed E-state index contributed by atoms with van der Waals surface area (Å²) in [6.45, 7) is 0. The van der Waals surface area contributed by atoms with Gasteiger partial charge in [0.05, 0.1) is 0 Å². The Balaban J connectivity index is 1.85. The highest BCUT2D eigenvalue weighted by Crippen LogP contribution is 2.29. The smallest absolute Gasteiger partial charge is 0.350 e. The Morgan fingerprint density at radius 3 is 1.25 bits per heavy atom. The maximum absolute atomic E-state index is 12.6. The van der Waals surface area contributed by atoms with Gasteiger partial charge in [0.2, 0.25) is 0 Å². The summed E-state index contributed by atoms with van der Waals surface area (Å²) in [7, 11) is -8.96. The third-order valence-corrected chi connectivity index (χ3v) is 7.11. The molecule has 3 rings (SSSR count). The fraction of sp³-hybridized carbons (Fsp3) is 0.200. The minimum atomic E-state index is -4.48. The fourth-order valence-electron chi connectivity index (χ4n) is 3.02. The van der Waals surface area contributed by atoms with Crippen LogP contribution in [-0.2, 0) is 38.2 Å². The monoisotopic (exact) mass is 480 g/mol. The molecule has 2 aromatic rings. The molecule has 10 nitrogen and oxygen atoms in total. The van der Waals surface area contributed by atoms with Crippen molar-refractivity contribution in [3.63, 3.8) is 0 Å². The van der Waals surface area contributed by atoms with Crippen molar-refractivity contribution in [1.82, 2.24) is 0 Å². The summed E-state index contributed by atoms with van der Waals surface area (Å²) < 4.78 is 58.9. The summed E-state index contributed by atoms with van der Waals surface area (Å²) in [6.07, 6.45) is 1.02. The van der Waals surface area contributed by atoms with Crippen LogP contribution in [-0.4, -0.2) is 28.8 Å². The van der Waals surface area contributed by atoms with E-state index >= 15 is 0 Å². The van der Waals surface area contributed by atoms with Crippen molar-refractivity contribution in [1.29, 1.82) is 0 Å². The highest BCUT2D eigenvalue weighted by Gasteiger charge is 2.32. The van der Waals surface area contributed by atoms with Gasteiger partial charge in [0.15, 0.2) is 0 Å². The van der Waals surface area contributed by atoms with Gasteiger partial charge in [-0.3, -0.25) is 0 Å². The van der Waals surface area contributed by atoms with Crippen LogP contribution in [0.15, 0.2) is 69.5 Å². The zero-order valence-electron chi connectivity index (χ0n) is 16.7. The van der Waals surface area contributed by atoms with Gasteiger partial charge in [-0.25, -0.2) is 9.59 Å². The molecular weight excluding hydrogens is 460 g/mol. The second kappa shape index (κ2) is 9.01. The van der Waals surface area contributed by atoms with Crippen LogP contribution in [0.5, 0.6) is 0 Å². The summed E-state index contributed by atoms with van der Waals surface area (Å²) >= 11 is 0. The predicted molar refractivity (Wildman–Crippen MR) is 114 cm³/mol. The molecule has 12 heteroatoms. The SMILES string of the molecule is Nc1ccc(S(=O)(=O)OC(=O)C2=C(C(=O)OS(=O)(=O)c3ccc(N)cc3)CCCC2)cc1. The van der Waals surface area contributed by atoms with E-state index in [9.17, 15) is 26.4 Å². The predicted octanol–water partition coefficient (Wildman–Crippen LogP) is 1.89. The van der Waals surface area contributed by atoms with Crippen molar-refractivity contribution in [3.05, 3.63) is 59.7 Å². The number of carbonyl (C=O) groups excluding carboxylic acids is 2. The average molecular weight is 481 g/mol. The van der Waals surface area contributed by atoms with Crippen molar-refractivity contribution in [2.24, 2.45) is 0 Å². The number of nitrogen functional groups attached to an aromatic ring is 2. The van der Waals surface area contributed by atoms with Crippen LogP contribution in [0.1, 0.15) is 25.7 Å². The van der Waals surface area contributed by atoms with E-state index in [1.54, 1.807) is 0 Å². The van der Waals surface area contributed by atoms with Crippen molar-refractivity contribution in [2.75, 3.05) is 11.5 Å². The molecule has 0 aromatic heterocycles. The second-order valence-corrected chi connectivity index (χ2v) is 10.0. The van der Waals surface area contributed by atoms with E-state index in [2.05, 4.69) is 8.37 Å². The lowest BCUT2D eigenvalue weighted by Crippen LogP contribution is -2.23. The van der Waals surface area contributed by atoms with Gasteiger partial charge in [0, 0.05) is 22.5 Å². The van der Waals surface area contributed by atoms with Crippen LogP contribution < -0.4 is 11.5 Å². The van der Waals surface area contributed by atoms with Gasteiger partial charge in [-0.2, -0.15) is 16.8 Å². The first-order valence-corrected chi connectivity index (χ1v) is 12.2. The number of hydrogen-bond acceptors (Lipinski definition) is 10. The molecule has 0 spiro atoms. The highest BCUT2D eigenvalue weighted by molar-refractivity contribution is 7.87. The number of rotatable bonds is 6. The Kier molecular flexibility index (Phi) is 6.55. The van der Waals surface area contributed by atoms with Crippen LogP contribution in [0.3, 0.4) is 0 Å². The molecule has 0 bridgehead atoms. The zero-order chi connectivity index (χ0) is 23.5. The number of benzene rings is 2. The minimum Gasteiger partial charge on any atom is -0.399 e. The Labute approximate surface area is 185 Å². The van der Waals surface area contributed by atoms with Gasteiger partial charge in [-0.15, -0.1) is 0 Å². The van der Waals surface area contributed by atoms with Gasteiger partial charge < -0.3 is 19.8 Å². The second-order valence-electron chi connectivity index (χ2n) is 6.95. The highest BCUT2D eigenvalue weighted by atomic mass is 32.2. The molecule has 0 fully saturated rings. The molecule has 0 unspecified atom stereocenters. The third-order valence-electron chi connectivity index (χ3n) is 4.67. The summed E-state index contributed by atoms with van der Waals surface area (Å²) in [5.74, 6) is -2.53. The molecule has 0 heterocycles. The number of carbonyl (C=O) groups is 2. The molecule has 0 radical (unpaired) electrons. The topological polar surface area (TPSA) is 173 Å².